The molecule has 4 rings (SSSR count). The van der Waals surface area contributed by atoms with E-state index in [1.54, 1.807) is 11.5 Å². The Morgan fingerprint density at radius 3 is 2.37 bits per heavy atom. The van der Waals surface area contributed by atoms with Crippen molar-refractivity contribution in [2.75, 3.05) is 7.11 Å². The Kier molecular flexibility index (Phi) is 11.5. The van der Waals surface area contributed by atoms with Gasteiger partial charge in [-0.25, -0.2) is 8.42 Å². The Morgan fingerprint density at radius 2 is 1.78 bits per heavy atom. The van der Waals surface area contributed by atoms with Crippen molar-refractivity contribution in [2.24, 2.45) is 5.92 Å². The number of aromatic nitrogens is 2. The third-order valence-corrected chi connectivity index (χ3v) is 9.16. The first-order valence-corrected chi connectivity index (χ1v) is 15.3. The van der Waals surface area contributed by atoms with Crippen LogP contribution in [-0.4, -0.2) is 37.3 Å². The van der Waals surface area contributed by atoms with Crippen LogP contribution in [0.4, 0.5) is 0 Å². The zero-order valence-corrected chi connectivity index (χ0v) is 27.6. The van der Waals surface area contributed by atoms with E-state index < -0.39 is 15.9 Å². The Bertz CT molecular complexity index is 1590. The standard InChI is InChI=1S/C30H33N3O5S2.Na/c1-5-9-27(35)32-40(36,37)30-25(17-24(39-30)16-20(2)3)22-14-12-21(13-15-22)18-33-26(19-34)29(38-4)31-28(33)23-10-7-6-8-11-23;/h6-8,10-15,17,19-20H,5,9,16,18H2,1-4H3,(H,32,35);/q;+1/p-1. The number of hydrogen-bond donors (Lipinski definition) is 0. The maximum Gasteiger partial charge on any atom is 1.00 e. The van der Waals surface area contributed by atoms with Gasteiger partial charge in [0.25, 0.3) is 0 Å². The van der Waals surface area contributed by atoms with Gasteiger partial charge in [0, 0.05) is 22.5 Å². The number of benzene rings is 2. The van der Waals surface area contributed by atoms with E-state index in [-0.39, 0.29) is 46.1 Å². The van der Waals surface area contributed by atoms with Gasteiger partial charge in [0.05, 0.1) is 13.0 Å². The van der Waals surface area contributed by atoms with E-state index in [0.717, 1.165) is 22.3 Å². The molecule has 4 aromatic rings. The van der Waals surface area contributed by atoms with Crippen LogP contribution in [0, 0.1) is 5.92 Å². The molecule has 41 heavy (non-hydrogen) atoms. The number of aldehydes is 1. The Morgan fingerprint density at radius 1 is 1.10 bits per heavy atom. The number of imidazole rings is 1. The van der Waals surface area contributed by atoms with Crippen LogP contribution in [0.3, 0.4) is 0 Å². The topological polar surface area (TPSA) is 109 Å². The second kappa shape index (κ2) is 14.4. The first-order chi connectivity index (χ1) is 19.2. The first kappa shape index (κ1) is 32.8. The van der Waals surface area contributed by atoms with Gasteiger partial charge in [-0.3, -0.25) is 4.79 Å². The first-order valence-electron chi connectivity index (χ1n) is 13.0. The molecule has 0 aliphatic heterocycles. The summed E-state index contributed by atoms with van der Waals surface area (Å²) in [6.07, 6.45) is 2.05. The average Bonchev–Trinajstić information content (AvgIpc) is 3.51. The molecule has 2 heterocycles. The van der Waals surface area contributed by atoms with Crippen LogP contribution in [0.25, 0.3) is 27.2 Å². The molecule has 2 aromatic heterocycles. The summed E-state index contributed by atoms with van der Waals surface area (Å²) in [7, 11) is -2.67. The summed E-state index contributed by atoms with van der Waals surface area (Å²) in [6, 6.07) is 18.9. The second-order valence-corrected chi connectivity index (χ2v) is 12.8. The number of amides is 1. The van der Waals surface area contributed by atoms with E-state index in [4.69, 9.17) is 4.74 Å². The number of carbonyl (C=O) groups excluding carboxylic acids is 2. The minimum atomic E-state index is -4.15. The van der Waals surface area contributed by atoms with Crippen LogP contribution >= 0.6 is 11.3 Å². The van der Waals surface area contributed by atoms with Gasteiger partial charge in [-0.15, -0.1) is 11.3 Å². The van der Waals surface area contributed by atoms with Crippen molar-refractivity contribution in [2.45, 2.75) is 50.8 Å². The molecule has 0 spiro atoms. The molecule has 0 fully saturated rings. The van der Waals surface area contributed by atoms with Crippen molar-refractivity contribution in [3.63, 3.8) is 0 Å². The van der Waals surface area contributed by atoms with Crippen molar-refractivity contribution in [3.8, 4) is 28.4 Å². The second-order valence-electron chi connectivity index (χ2n) is 9.82. The third kappa shape index (κ3) is 7.75. The van der Waals surface area contributed by atoms with Crippen LogP contribution < -0.4 is 34.3 Å². The molecular formula is C30H32N3NaO5S2. The summed E-state index contributed by atoms with van der Waals surface area (Å²) in [5.41, 5.74) is 3.29. The van der Waals surface area contributed by atoms with Crippen molar-refractivity contribution < 1.29 is 52.3 Å². The van der Waals surface area contributed by atoms with E-state index in [2.05, 4.69) is 23.6 Å². The zero-order valence-electron chi connectivity index (χ0n) is 24.0. The number of sulfonamides is 1. The molecule has 0 N–H and O–H groups in total. The molecule has 0 saturated carbocycles. The smallest absolute Gasteiger partial charge is 0.541 e. The van der Waals surface area contributed by atoms with E-state index in [0.29, 0.717) is 47.9 Å². The molecule has 0 aliphatic rings. The molecule has 0 unspecified atom stereocenters. The van der Waals surface area contributed by atoms with Gasteiger partial charge in [0.15, 0.2) is 6.29 Å². The average molecular weight is 602 g/mol. The van der Waals surface area contributed by atoms with Crippen LogP contribution in [0.5, 0.6) is 5.88 Å². The molecule has 2 aromatic carbocycles. The van der Waals surface area contributed by atoms with E-state index in [9.17, 15) is 18.0 Å². The predicted molar refractivity (Wildman–Crippen MR) is 157 cm³/mol. The predicted octanol–water partition coefficient (Wildman–Crippen LogP) is 3.74. The maximum atomic E-state index is 13.2. The van der Waals surface area contributed by atoms with Gasteiger partial charge in [-0.05, 0) is 36.0 Å². The van der Waals surface area contributed by atoms with Crippen molar-refractivity contribution >= 4 is 33.6 Å². The molecule has 11 heteroatoms. The summed E-state index contributed by atoms with van der Waals surface area (Å²) in [4.78, 5) is 29.5. The maximum absolute atomic E-state index is 13.2. The van der Waals surface area contributed by atoms with Crippen LogP contribution in [0.1, 0.15) is 54.5 Å². The van der Waals surface area contributed by atoms with E-state index >= 15 is 0 Å². The normalized spacial score (nSPS) is 11.2. The molecule has 1 amide bonds. The number of nitrogens with zero attached hydrogens (tertiary/aromatic N) is 3. The quantitative estimate of drug-likeness (QED) is 0.181. The monoisotopic (exact) mass is 601 g/mol. The Balaban J connectivity index is 0.00000462. The van der Waals surface area contributed by atoms with Gasteiger partial charge in [-0.1, -0.05) is 81.8 Å². The number of methoxy groups -OCH3 is 1. The van der Waals surface area contributed by atoms with Gasteiger partial charge in [-0.2, -0.15) is 4.98 Å². The minimum absolute atomic E-state index is 0. The fraction of sp³-hybridized carbons (Fsp3) is 0.300. The number of ether oxygens (including phenoxy) is 1. The molecule has 8 nitrogen and oxygen atoms in total. The van der Waals surface area contributed by atoms with Gasteiger partial charge >= 0.3 is 29.6 Å². The van der Waals surface area contributed by atoms with Crippen molar-refractivity contribution in [1.82, 2.24) is 9.55 Å². The summed E-state index contributed by atoms with van der Waals surface area (Å²) < 4.78 is 37.1. The van der Waals surface area contributed by atoms with Gasteiger partial charge < -0.3 is 18.8 Å². The molecular weight excluding hydrogens is 569 g/mol. The largest absolute Gasteiger partial charge is 1.00 e. The van der Waals surface area contributed by atoms with Crippen LogP contribution in [0.15, 0.2) is 64.9 Å². The zero-order chi connectivity index (χ0) is 28.9. The summed E-state index contributed by atoms with van der Waals surface area (Å²) in [5.74, 6) is 0.545. The Labute approximate surface area is 267 Å². The Hall–Kier alpha value is -2.76. The van der Waals surface area contributed by atoms with Crippen LogP contribution in [0.2, 0.25) is 0 Å². The molecule has 0 bridgehead atoms. The van der Waals surface area contributed by atoms with Gasteiger partial charge in [0.2, 0.25) is 5.88 Å². The SMILES string of the molecule is CCCC(=O)[N-]S(=O)(=O)c1sc(CC(C)C)cc1-c1ccc(Cn2c(-c3ccccc3)nc(OC)c2C=O)cc1.[Na+]. The molecule has 210 valence electrons. The van der Waals surface area contributed by atoms with Crippen molar-refractivity contribution in [1.29, 1.82) is 0 Å². The summed E-state index contributed by atoms with van der Waals surface area (Å²) >= 11 is 1.17. The fourth-order valence-electron chi connectivity index (χ4n) is 4.40. The molecule has 0 atom stereocenters. The minimum Gasteiger partial charge on any atom is -0.541 e. The number of carbonyl (C=O) groups is 2. The van der Waals surface area contributed by atoms with Crippen LogP contribution in [-0.2, 0) is 27.8 Å². The molecule has 0 saturated heterocycles. The molecule has 0 radical (unpaired) electrons. The van der Waals surface area contributed by atoms with Crippen molar-refractivity contribution in [3.05, 3.63) is 81.5 Å². The van der Waals surface area contributed by atoms with Gasteiger partial charge in [0.1, 0.15) is 25.8 Å². The van der Waals surface area contributed by atoms with E-state index in [1.807, 2.05) is 60.7 Å². The summed E-state index contributed by atoms with van der Waals surface area (Å²) in [6.45, 7) is 6.29. The molecule has 0 aliphatic carbocycles. The fourth-order valence-corrected chi connectivity index (χ4v) is 7.27. The number of thiophene rings is 1. The summed E-state index contributed by atoms with van der Waals surface area (Å²) in [5, 5.41) is 0. The third-order valence-electron chi connectivity index (χ3n) is 6.19. The number of hydrogen-bond acceptors (Lipinski definition) is 7. The van der Waals surface area contributed by atoms with E-state index in [1.165, 1.54) is 18.4 Å². The number of rotatable bonds is 12.